The second-order valence-electron chi connectivity index (χ2n) is 6.52. The first-order valence-electron chi connectivity index (χ1n) is 8.23. The van der Waals surface area contributed by atoms with Crippen LogP contribution in [0.4, 0.5) is 0 Å². The molecular formula is C16H35P. The Morgan fingerprint density at radius 3 is 2.12 bits per heavy atom. The summed E-state index contributed by atoms with van der Waals surface area (Å²) in [5.41, 5.74) is 1.14. The third-order valence-electron chi connectivity index (χ3n) is 5.13. The molecule has 1 heterocycles. The molecule has 1 heteroatoms. The van der Waals surface area contributed by atoms with Crippen molar-refractivity contribution in [3.05, 3.63) is 0 Å². The monoisotopic (exact) mass is 258 g/mol. The van der Waals surface area contributed by atoms with Gasteiger partial charge in [0.2, 0.25) is 0 Å². The van der Waals surface area contributed by atoms with E-state index in [1.54, 1.807) is 31.6 Å². The Hall–Kier alpha value is 0.430. The third-order valence-corrected chi connectivity index (χ3v) is 10.8. The molecule has 1 unspecified atom stereocenters. The van der Waals surface area contributed by atoms with E-state index in [1.165, 1.54) is 44.9 Å². The molecule has 17 heavy (non-hydrogen) atoms. The van der Waals surface area contributed by atoms with E-state index in [9.17, 15) is 0 Å². The molecule has 0 aliphatic carbocycles. The fraction of sp³-hybridized carbons (Fsp3) is 1.00. The van der Waals surface area contributed by atoms with Crippen LogP contribution in [-0.2, 0) is 0 Å². The first kappa shape index (κ1) is 15.5. The Balaban J connectivity index is 2.26. The zero-order valence-corrected chi connectivity index (χ0v) is 13.6. The number of hydrogen-bond donors (Lipinski definition) is 0. The van der Waals surface area contributed by atoms with Crippen molar-refractivity contribution < 1.29 is 0 Å². The van der Waals surface area contributed by atoms with Crippen LogP contribution in [0.25, 0.3) is 0 Å². The molecule has 0 bridgehead atoms. The molecule has 1 aliphatic rings. The maximum atomic E-state index is 2.71. The molecule has 104 valence electrons. The predicted molar refractivity (Wildman–Crippen MR) is 85.3 cm³/mol. The Kier molecular flexibility index (Phi) is 7.76. The molecule has 0 radical (unpaired) electrons. The van der Waals surface area contributed by atoms with Gasteiger partial charge in [0.1, 0.15) is 0 Å². The summed E-state index contributed by atoms with van der Waals surface area (Å²) in [7, 11) is -0.835. The standard InChI is InChI=1S/C16H35P/c1-4-6-7-8-10-13-16(5-2)17(3)14-11-9-12-15-17/h16-17H,4-15H2,1-3H3. The summed E-state index contributed by atoms with van der Waals surface area (Å²) in [6.07, 6.45) is 18.2. The van der Waals surface area contributed by atoms with Gasteiger partial charge in [0.25, 0.3) is 0 Å². The minimum atomic E-state index is -0.835. The van der Waals surface area contributed by atoms with E-state index in [1.807, 2.05) is 0 Å². The summed E-state index contributed by atoms with van der Waals surface area (Å²) in [4.78, 5) is 0. The van der Waals surface area contributed by atoms with Crippen molar-refractivity contribution in [1.29, 1.82) is 0 Å². The molecular weight excluding hydrogens is 223 g/mol. The predicted octanol–water partition coefficient (Wildman–Crippen LogP) is 5.69. The Morgan fingerprint density at radius 2 is 1.53 bits per heavy atom. The van der Waals surface area contributed by atoms with Gasteiger partial charge in [-0.15, -0.1) is 0 Å². The topological polar surface area (TPSA) is 0 Å². The van der Waals surface area contributed by atoms with Crippen LogP contribution in [-0.4, -0.2) is 24.6 Å². The molecule has 1 aliphatic heterocycles. The van der Waals surface area contributed by atoms with Gasteiger partial charge in [-0.05, 0) is 0 Å². The SMILES string of the molecule is CCCCCCCC(CC)[PH]1(C)CCCCC1. The van der Waals surface area contributed by atoms with Gasteiger partial charge in [-0.25, -0.2) is 0 Å². The fourth-order valence-corrected chi connectivity index (χ4v) is 8.88. The van der Waals surface area contributed by atoms with Crippen molar-refractivity contribution in [2.45, 2.75) is 83.7 Å². The molecule has 0 amide bonds. The van der Waals surface area contributed by atoms with Crippen LogP contribution >= 0.6 is 7.26 Å². The second kappa shape index (κ2) is 8.52. The maximum absolute atomic E-state index is 2.71. The first-order valence-corrected chi connectivity index (χ1v) is 11.2. The Morgan fingerprint density at radius 1 is 0.882 bits per heavy atom. The summed E-state index contributed by atoms with van der Waals surface area (Å²) < 4.78 is 0. The summed E-state index contributed by atoms with van der Waals surface area (Å²) >= 11 is 0. The van der Waals surface area contributed by atoms with Gasteiger partial charge in [-0.3, -0.25) is 0 Å². The van der Waals surface area contributed by atoms with Crippen LogP contribution in [0.1, 0.15) is 78.1 Å². The van der Waals surface area contributed by atoms with Crippen LogP contribution in [0.15, 0.2) is 0 Å². The van der Waals surface area contributed by atoms with Gasteiger partial charge in [0.15, 0.2) is 0 Å². The molecule has 0 aromatic carbocycles. The zero-order valence-electron chi connectivity index (χ0n) is 12.6. The van der Waals surface area contributed by atoms with Gasteiger partial charge in [-0.2, -0.15) is 0 Å². The average Bonchev–Trinajstić information content (AvgIpc) is 2.34. The number of rotatable bonds is 8. The molecule has 1 saturated heterocycles. The van der Waals surface area contributed by atoms with Gasteiger partial charge >= 0.3 is 110 Å². The van der Waals surface area contributed by atoms with Gasteiger partial charge in [0.05, 0.1) is 0 Å². The van der Waals surface area contributed by atoms with E-state index in [-0.39, 0.29) is 0 Å². The number of unbranched alkanes of at least 4 members (excludes halogenated alkanes) is 4. The van der Waals surface area contributed by atoms with Crippen molar-refractivity contribution in [1.82, 2.24) is 0 Å². The normalized spacial score (nSPS) is 23.2. The average molecular weight is 258 g/mol. The van der Waals surface area contributed by atoms with Crippen molar-refractivity contribution in [3.63, 3.8) is 0 Å². The second-order valence-corrected chi connectivity index (χ2v) is 11.6. The molecule has 0 nitrogen and oxygen atoms in total. The molecule has 0 spiro atoms. The van der Waals surface area contributed by atoms with Gasteiger partial charge < -0.3 is 0 Å². The molecule has 0 saturated carbocycles. The molecule has 0 aromatic heterocycles. The van der Waals surface area contributed by atoms with E-state index in [0.717, 1.165) is 5.66 Å². The van der Waals surface area contributed by atoms with Crippen LogP contribution in [0.5, 0.6) is 0 Å². The van der Waals surface area contributed by atoms with Crippen LogP contribution < -0.4 is 0 Å². The first-order chi connectivity index (χ1) is 8.23. The Bertz CT molecular complexity index is 182. The van der Waals surface area contributed by atoms with Crippen molar-refractivity contribution in [2.24, 2.45) is 0 Å². The summed E-state index contributed by atoms with van der Waals surface area (Å²) in [6.45, 7) is 7.47. The zero-order chi connectivity index (χ0) is 12.6. The van der Waals surface area contributed by atoms with E-state index < -0.39 is 7.26 Å². The fourth-order valence-electron chi connectivity index (χ4n) is 3.81. The Labute approximate surface area is 110 Å². The minimum absolute atomic E-state index is 0.835. The van der Waals surface area contributed by atoms with Crippen molar-refractivity contribution in [3.8, 4) is 0 Å². The summed E-state index contributed by atoms with van der Waals surface area (Å²) in [6, 6.07) is 0. The molecule has 1 rings (SSSR count). The van der Waals surface area contributed by atoms with Gasteiger partial charge in [-0.1, -0.05) is 0 Å². The van der Waals surface area contributed by atoms with E-state index in [2.05, 4.69) is 20.5 Å². The summed E-state index contributed by atoms with van der Waals surface area (Å²) in [5, 5.41) is 0. The van der Waals surface area contributed by atoms with Gasteiger partial charge in [0, 0.05) is 0 Å². The van der Waals surface area contributed by atoms with E-state index >= 15 is 0 Å². The molecule has 0 N–H and O–H groups in total. The van der Waals surface area contributed by atoms with E-state index in [4.69, 9.17) is 0 Å². The van der Waals surface area contributed by atoms with Crippen molar-refractivity contribution in [2.75, 3.05) is 19.0 Å². The quantitative estimate of drug-likeness (QED) is 0.387. The molecule has 1 atom stereocenters. The molecule has 0 aromatic rings. The van der Waals surface area contributed by atoms with Crippen LogP contribution in [0.2, 0.25) is 0 Å². The van der Waals surface area contributed by atoms with Crippen LogP contribution in [0.3, 0.4) is 0 Å². The third kappa shape index (κ3) is 5.29. The van der Waals surface area contributed by atoms with Crippen molar-refractivity contribution >= 4 is 7.26 Å². The van der Waals surface area contributed by atoms with Crippen LogP contribution in [0, 0.1) is 0 Å². The molecule has 1 fully saturated rings. The van der Waals surface area contributed by atoms with E-state index in [0.29, 0.717) is 0 Å². The summed E-state index contributed by atoms with van der Waals surface area (Å²) in [5.74, 6) is 0. The number of hydrogen-bond acceptors (Lipinski definition) is 0.